The highest BCUT2D eigenvalue weighted by molar-refractivity contribution is 5.94. The first-order chi connectivity index (χ1) is 13.7. The normalized spacial score (nSPS) is 16.9. The standard InChI is InChI=1S/C19H26F3N5O2/c1-4-23-19(25-12-7-8-27(10-12)18(29)11(2)3)24-9-15(28)26-14-6-5-13(20)16(21)17(14)22/h5-6,11-12H,4,7-10H2,1-3H3,(H,26,28)(H2,23,24,25). The number of benzene rings is 1. The van der Waals surface area contributed by atoms with Gasteiger partial charge in [0.15, 0.2) is 23.4 Å². The third-order valence-corrected chi connectivity index (χ3v) is 4.37. The largest absolute Gasteiger partial charge is 0.357 e. The monoisotopic (exact) mass is 413 g/mol. The lowest BCUT2D eigenvalue weighted by molar-refractivity contribution is -0.133. The number of hydrogen-bond donors (Lipinski definition) is 3. The van der Waals surface area contributed by atoms with Crippen molar-refractivity contribution in [1.82, 2.24) is 15.5 Å². The molecule has 0 spiro atoms. The molecule has 29 heavy (non-hydrogen) atoms. The lowest BCUT2D eigenvalue weighted by atomic mass is 10.2. The van der Waals surface area contributed by atoms with Gasteiger partial charge in [-0.15, -0.1) is 0 Å². The number of aliphatic imine (C=N–C) groups is 1. The smallest absolute Gasteiger partial charge is 0.246 e. The van der Waals surface area contributed by atoms with E-state index in [-0.39, 0.29) is 24.4 Å². The molecule has 0 saturated carbocycles. The third kappa shape index (κ3) is 6.10. The van der Waals surface area contributed by atoms with Crippen LogP contribution in [0.4, 0.5) is 18.9 Å². The first-order valence-corrected chi connectivity index (χ1v) is 9.49. The molecule has 0 aromatic heterocycles. The van der Waals surface area contributed by atoms with Gasteiger partial charge in [-0.2, -0.15) is 0 Å². The quantitative estimate of drug-likeness (QED) is 0.378. The van der Waals surface area contributed by atoms with E-state index in [9.17, 15) is 22.8 Å². The van der Waals surface area contributed by atoms with Crippen LogP contribution in [0.3, 0.4) is 0 Å². The molecular formula is C19H26F3N5O2. The molecule has 1 aromatic carbocycles. The van der Waals surface area contributed by atoms with E-state index >= 15 is 0 Å². The second-order valence-electron chi connectivity index (χ2n) is 7.04. The Balaban J connectivity index is 1.94. The van der Waals surface area contributed by atoms with Crippen LogP contribution < -0.4 is 16.0 Å². The van der Waals surface area contributed by atoms with Crippen LogP contribution in [0.5, 0.6) is 0 Å². The van der Waals surface area contributed by atoms with E-state index < -0.39 is 29.0 Å². The van der Waals surface area contributed by atoms with E-state index in [1.807, 2.05) is 20.8 Å². The van der Waals surface area contributed by atoms with Crippen LogP contribution in [0.15, 0.2) is 17.1 Å². The van der Waals surface area contributed by atoms with Gasteiger partial charge in [-0.3, -0.25) is 9.59 Å². The number of anilines is 1. The van der Waals surface area contributed by atoms with E-state index in [1.165, 1.54) is 0 Å². The predicted molar refractivity (Wildman–Crippen MR) is 104 cm³/mol. The zero-order valence-corrected chi connectivity index (χ0v) is 16.7. The molecule has 1 aromatic rings. The summed E-state index contributed by atoms with van der Waals surface area (Å²) in [4.78, 5) is 30.0. The fourth-order valence-corrected chi connectivity index (χ4v) is 2.92. The highest BCUT2D eigenvalue weighted by Crippen LogP contribution is 2.19. The number of hydrogen-bond acceptors (Lipinski definition) is 3. The number of rotatable bonds is 6. The maximum atomic E-state index is 13.6. The Hall–Kier alpha value is -2.78. The number of nitrogens with one attached hydrogen (secondary N) is 3. The van der Waals surface area contributed by atoms with Crippen molar-refractivity contribution < 1.29 is 22.8 Å². The van der Waals surface area contributed by atoms with Crippen LogP contribution in [0.1, 0.15) is 27.2 Å². The molecule has 7 nitrogen and oxygen atoms in total. The number of carbonyl (C=O) groups is 2. The van der Waals surface area contributed by atoms with Crippen molar-refractivity contribution in [2.24, 2.45) is 10.9 Å². The first-order valence-electron chi connectivity index (χ1n) is 9.49. The number of guanidine groups is 1. The van der Waals surface area contributed by atoms with Gasteiger partial charge in [-0.25, -0.2) is 18.2 Å². The summed E-state index contributed by atoms with van der Waals surface area (Å²) in [5, 5.41) is 8.33. The fourth-order valence-electron chi connectivity index (χ4n) is 2.92. The van der Waals surface area contributed by atoms with Crippen LogP contribution in [0.2, 0.25) is 0 Å². The molecule has 2 rings (SSSR count). The molecule has 1 atom stereocenters. The van der Waals surface area contributed by atoms with Gasteiger partial charge < -0.3 is 20.9 Å². The summed E-state index contributed by atoms with van der Waals surface area (Å²) in [6.45, 7) is 6.93. The van der Waals surface area contributed by atoms with Crippen molar-refractivity contribution in [3.05, 3.63) is 29.6 Å². The number of nitrogens with zero attached hydrogens (tertiary/aromatic N) is 2. The summed E-state index contributed by atoms with van der Waals surface area (Å²) >= 11 is 0. The molecule has 1 heterocycles. The van der Waals surface area contributed by atoms with Crippen molar-refractivity contribution in [2.45, 2.75) is 33.2 Å². The summed E-state index contributed by atoms with van der Waals surface area (Å²) in [6.07, 6.45) is 0.745. The second kappa shape index (κ2) is 10.1. The Morgan fingerprint density at radius 3 is 2.62 bits per heavy atom. The zero-order valence-electron chi connectivity index (χ0n) is 16.7. The van der Waals surface area contributed by atoms with Crippen molar-refractivity contribution in [3.8, 4) is 0 Å². The Morgan fingerprint density at radius 1 is 1.24 bits per heavy atom. The Bertz CT molecular complexity index is 785. The van der Waals surface area contributed by atoms with Gasteiger partial charge in [0, 0.05) is 31.6 Å². The topological polar surface area (TPSA) is 85.8 Å². The molecule has 0 radical (unpaired) electrons. The molecule has 1 fully saturated rings. The maximum absolute atomic E-state index is 13.6. The lowest BCUT2D eigenvalue weighted by Crippen LogP contribution is -2.45. The van der Waals surface area contributed by atoms with Gasteiger partial charge in [-0.05, 0) is 25.5 Å². The SMILES string of the molecule is CCNC(=NCC(=O)Nc1ccc(F)c(F)c1F)NC1CCN(C(=O)C(C)C)C1. The number of amides is 2. The van der Waals surface area contributed by atoms with E-state index in [4.69, 9.17) is 0 Å². The van der Waals surface area contributed by atoms with E-state index in [1.54, 1.807) is 4.90 Å². The van der Waals surface area contributed by atoms with Crippen LogP contribution in [0, 0.1) is 23.4 Å². The van der Waals surface area contributed by atoms with Gasteiger partial charge >= 0.3 is 0 Å². The molecular weight excluding hydrogens is 387 g/mol. The average Bonchev–Trinajstić information content (AvgIpc) is 3.14. The first kappa shape index (κ1) is 22.5. The number of halogens is 3. The molecule has 3 N–H and O–H groups in total. The summed E-state index contributed by atoms with van der Waals surface area (Å²) < 4.78 is 39.9. The van der Waals surface area contributed by atoms with Crippen molar-refractivity contribution in [3.63, 3.8) is 0 Å². The molecule has 1 unspecified atom stereocenters. The molecule has 160 valence electrons. The highest BCUT2D eigenvalue weighted by Gasteiger charge is 2.28. The van der Waals surface area contributed by atoms with Gasteiger partial charge in [0.05, 0.1) is 5.69 Å². The van der Waals surface area contributed by atoms with Gasteiger partial charge in [0.2, 0.25) is 11.8 Å². The minimum atomic E-state index is -1.65. The van der Waals surface area contributed by atoms with E-state index in [2.05, 4.69) is 20.9 Å². The molecule has 10 heteroatoms. The van der Waals surface area contributed by atoms with Crippen molar-refractivity contribution >= 4 is 23.5 Å². The average molecular weight is 413 g/mol. The predicted octanol–water partition coefficient (Wildman–Crippen LogP) is 1.85. The van der Waals surface area contributed by atoms with E-state index in [0.29, 0.717) is 25.6 Å². The maximum Gasteiger partial charge on any atom is 0.246 e. The molecule has 2 amide bonds. The van der Waals surface area contributed by atoms with Crippen molar-refractivity contribution in [2.75, 3.05) is 31.5 Å². The van der Waals surface area contributed by atoms with Gasteiger partial charge in [0.1, 0.15) is 6.54 Å². The highest BCUT2D eigenvalue weighted by atomic mass is 19.2. The zero-order chi connectivity index (χ0) is 21.6. The minimum absolute atomic E-state index is 0.0119. The summed E-state index contributed by atoms with van der Waals surface area (Å²) in [5.74, 6) is -4.75. The van der Waals surface area contributed by atoms with E-state index in [0.717, 1.165) is 18.6 Å². The fraction of sp³-hybridized carbons (Fsp3) is 0.526. The Morgan fingerprint density at radius 2 is 1.97 bits per heavy atom. The van der Waals surface area contributed by atoms with Crippen molar-refractivity contribution in [1.29, 1.82) is 0 Å². The van der Waals surface area contributed by atoms with Gasteiger partial charge in [0.25, 0.3) is 0 Å². The second-order valence-corrected chi connectivity index (χ2v) is 7.04. The lowest BCUT2D eigenvalue weighted by Gasteiger charge is -2.20. The molecule has 1 aliphatic heterocycles. The van der Waals surface area contributed by atoms with Gasteiger partial charge in [-0.1, -0.05) is 13.8 Å². The van der Waals surface area contributed by atoms with Crippen LogP contribution in [-0.2, 0) is 9.59 Å². The van der Waals surface area contributed by atoms with Crippen LogP contribution in [0.25, 0.3) is 0 Å². The summed E-state index contributed by atoms with van der Waals surface area (Å²) in [5.41, 5.74) is -0.458. The third-order valence-electron chi connectivity index (χ3n) is 4.37. The van der Waals surface area contributed by atoms with Crippen LogP contribution >= 0.6 is 0 Å². The number of carbonyl (C=O) groups excluding carboxylic acids is 2. The summed E-state index contributed by atoms with van der Waals surface area (Å²) in [6, 6.07) is 1.66. The molecule has 1 aliphatic rings. The molecule has 0 aliphatic carbocycles. The Labute approximate surface area is 167 Å². The number of likely N-dealkylation sites (tertiary alicyclic amines) is 1. The summed E-state index contributed by atoms with van der Waals surface area (Å²) in [7, 11) is 0. The van der Waals surface area contributed by atoms with Crippen LogP contribution in [-0.4, -0.2) is 54.9 Å². The Kier molecular flexibility index (Phi) is 7.86. The minimum Gasteiger partial charge on any atom is -0.357 e. The molecule has 1 saturated heterocycles. The molecule has 0 bridgehead atoms.